The molecule has 7 heteroatoms. The second-order valence-electron chi connectivity index (χ2n) is 6.59. The number of carbonyl (C=O) groups excluding carboxylic acids is 1. The van der Waals surface area contributed by atoms with Gasteiger partial charge in [0.2, 0.25) is 5.91 Å². The second-order valence-corrected chi connectivity index (χ2v) is 7.64. The average Bonchev–Trinajstić information content (AvgIpc) is 2.74. The van der Waals surface area contributed by atoms with Crippen LogP contribution in [0, 0.1) is 5.82 Å². The number of ether oxygens (including phenoxy) is 1. The quantitative estimate of drug-likeness (QED) is 0.687. The van der Waals surface area contributed by atoms with E-state index < -0.39 is 0 Å². The summed E-state index contributed by atoms with van der Waals surface area (Å²) in [7, 11) is 1.70. The first kappa shape index (κ1) is 20.5. The van der Waals surface area contributed by atoms with Gasteiger partial charge in [0.25, 0.3) is 0 Å². The lowest BCUT2D eigenvalue weighted by Crippen LogP contribution is -2.48. The van der Waals surface area contributed by atoms with E-state index in [1.165, 1.54) is 23.9 Å². The number of rotatable bonds is 8. The van der Waals surface area contributed by atoms with Crippen LogP contribution in [0.4, 0.5) is 10.1 Å². The van der Waals surface area contributed by atoms with Crippen LogP contribution >= 0.6 is 11.8 Å². The molecule has 2 aromatic rings. The number of carbonyl (C=O) groups is 1. The summed E-state index contributed by atoms with van der Waals surface area (Å²) in [6.45, 7) is 5.27. The molecule has 1 fully saturated rings. The summed E-state index contributed by atoms with van der Waals surface area (Å²) in [6.07, 6.45) is 0. The fraction of sp³-hybridized carbons (Fsp3) is 0.381. The predicted molar refractivity (Wildman–Crippen MR) is 112 cm³/mol. The largest absolute Gasteiger partial charge is 0.495 e. The van der Waals surface area contributed by atoms with Gasteiger partial charge in [-0.3, -0.25) is 9.69 Å². The molecule has 150 valence electrons. The number of halogens is 1. The minimum Gasteiger partial charge on any atom is -0.495 e. The maximum atomic E-state index is 12.9. The molecule has 1 heterocycles. The van der Waals surface area contributed by atoms with Crippen LogP contribution in [0.25, 0.3) is 0 Å². The number of piperazine rings is 1. The zero-order chi connectivity index (χ0) is 19.8. The SMILES string of the molecule is COc1ccccc1N1CCN(CCNC(=O)CSc2ccc(F)cc2)CC1. The molecular weight excluding hydrogens is 377 g/mol. The molecule has 1 aliphatic rings. The third kappa shape index (κ3) is 5.87. The topological polar surface area (TPSA) is 44.8 Å². The molecule has 1 N–H and O–H groups in total. The minimum absolute atomic E-state index is 0.00184. The van der Waals surface area contributed by atoms with Crippen LogP contribution in [0.1, 0.15) is 0 Å². The van der Waals surface area contributed by atoms with Crippen LogP contribution < -0.4 is 15.0 Å². The number of nitrogens with zero attached hydrogens (tertiary/aromatic N) is 2. The normalized spacial score (nSPS) is 14.7. The molecule has 0 bridgehead atoms. The van der Waals surface area contributed by atoms with Crippen LogP contribution in [-0.4, -0.2) is 62.9 Å². The zero-order valence-corrected chi connectivity index (χ0v) is 16.9. The number of benzene rings is 2. The van der Waals surface area contributed by atoms with E-state index in [1.807, 2.05) is 18.2 Å². The molecule has 1 saturated heterocycles. The van der Waals surface area contributed by atoms with Crippen LogP contribution in [0.15, 0.2) is 53.4 Å². The van der Waals surface area contributed by atoms with E-state index >= 15 is 0 Å². The number of thioether (sulfide) groups is 1. The fourth-order valence-corrected chi connectivity index (χ4v) is 3.92. The summed E-state index contributed by atoms with van der Waals surface area (Å²) in [4.78, 5) is 17.6. The molecule has 0 spiro atoms. The number of amides is 1. The van der Waals surface area contributed by atoms with Gasteiger partial charge in [-0.05, 0) is 36.4 Å². The van der Waals surface area contributed by atoms with Crippen molar-refractivity contribution in [2.24, 2.45) is 0 Å². The van der Waals surface area contributed by atoms with Gasteiger partial charge < -0.3 is 15.0 Å². The lowest BCUT2D eigenvalue weighted by Gasteiger charge is -2.36. The van der Waals surface area contributed by atoms with Crippen molar-refractivity contribution in [2.75, 3.05) is 57.0 Å². The Morgan fingerprint density at radius 2 is 1.82 bits per heavy atom. The number of hydrogen-bond acceptors (Lipinski definition) is 5. The van der Waals surface area contributed by atoms with Crippen molar-refractivity contribution in [3.8, 4) is 5.75 Å². The van der Waals surface area contributed by atoms with Crippen molar-refractivity contribution < 1.29 is 13.9 Å². The highest BCUT2D eigenvalue weighted by Crippen LogP contribution is 2.28. The molecule has 0 atom stereocenters. The van der Waals surface area contributed by atoms with Gasteiger partial charge in [-0.1, -0.05) is 12.1 Å². The van der Waals surface area contributed by atoms with Crippen molar-refractivity contribution in [3.63, 3.8) is 0 Å². The second kappa shape index (κ2) is 10.3. The maximum Gasteiger partial charge on any atom is 0.230 e. The molecular formula is C21H26FN3O2S. The van der Waals surface area contributed by atoms with Gasteiger partial charge >= 0.3 is 0 Å². The summed E-state index contributed by atoms with van der Waals surface area (Å²) < 4.78 is 18.3. The first-order valence-electron chi connectivity index (χ1n) is 9.41. The Morgan fingerprint density at radius 3 is 2.54 bits per heavy atom. The fourth-order valence-electron chi connectivity index (χ4n) is 3.19. The summed E-state index contributed by atoms with van der Waals surface area (Å²) in [6, 6.07) is 14.3. The molecule has 5 nitrogen and oxygen atoms in total. The number of anilines is 1. The van der Waals surface area contributed by atoms with Gasteiger partial charge in [-0.25, -0.2) is 4.39 Å². The van der Waals surface area contributed by atoms with Gasteiger partial charge in [0.1, 0.15) is 11.6 Å². The third-order valence-corrected chi connectivity index (χ3v) is 5.74. The number of methoxy groups -OCH3 is 1. The highest BCUT2D eigenvalue weighted by atomic mass is 32.2. The van der Waals surface area contributed by atoms with Crippen molar-refractivity contribution in [1.29, 1.82) is 0 Å². The summed E-state index contributed by atoms with van der Waals surface area (Å²) in [5.74, 6) is 0.983. The zero-order valence-electron chi connectivity index (χ0n) is 16.1. The van der Waals surface area contributed by atoms with E-state index in [0.717, 1.165) is 49.1 Å². The maximum absolute atomic E-state index is 12.9. The molecule has 2 aromatic carbocycles. The Kier molecular flexibility index (Phi) is 7.56. The summed E-state index contributed by atoms with van der Waals surface area (Å²) >= 11 is 1.41. The number of para-hydroxylation sites is 2. The average molecular weight is 404 g/mol. The van der Waals surface area contributed by atoms with Crippen molar-refractivity contribution in [3.05, 3.63) is 54.3 Å². The van der Waals surface area contributed by atoms with Crippen molar-refractivity contribution >= 4 is 23.4 Å². The predicted octanol–water partition coefficient (Wildman–Crippen LogP) is 2.86. The van der Waals surface area contributed by atoms with E-state index in [2.05, 4.69) is 21.2 Å². The highest BCUT2D eigenvalue weighted by Gasteiger charge is 2.19. The van der Waals surface area contributed by atoms with Crippen molar-refractivity contribution in [2.45, 2.75) is 4.90 Å². The Morgan fingerprint density at radius 1 is 1.11 bits per heavy atom. The van der Waals surface area contributed by atoms with E-state index in [0.29, 0.717) is 12.3 Å². The molecule has 0 radical (unpaired) electrons. The van der Waals surface area contributed by atoms with E-state index in [-0.39, 0.29) is 11.7 Å². The van der Waals surface area contributed by atoms with Crippen LogP contribution in [-0.2, 0) is 4.79 Å². The highest BCUT2D eigenvalue weighted by molar-refractivity contribution is 8.00. The molecule has 3 rings (SSSR count). The van der Waals surface area contributed by atoms with E-state index in [1.54, 1.807) is 19.2 Å². The standard InChI is InChI=1S/C21H26FN3O2S/c1-27-20-5-3-2-4-19(20)25-14-12-24(13-15-25)11-10-23-21(26)16-28-18-8-6-17(22)7-9-18/h2-9H,10-16H2,1H3,(H,23,26). The lowest BCUT2D eigenvalue weighted by atomic mass is 10.2. The van der Waals surface area contributed by atoms with E-state index in [9.17, 15) is 9.18 Å². The van der Waals surface area contributed by atoms with E-state index in [4.69, 9.17) is 4.74 Å². The first-order valence-corrected chi connectivity index (χ1v) is 10.4. The number of hydrogen-bond donors (Lipinski definition) is 1. The molecule has 1 aliphatic heterocycles. The van der Waals surface area contributed by atoms with Gasteiger partial charge in [-0.15, -0.1) is 11.8 Å². The molecule has 0 saturated carbocycles. The van der Waals surface area contributed by atoms with Crippen LogP contribution in [0.2, 0.25) is 0 Å². The molecule has 0 unspecified atom stereocenters. The smallest absolute Gasteiger partial charge is 0.230 e. The van der Waals surface area contributed by atoms with Gasteiger partial charge in [0.15, 0.2) is 0 Å². The van der Waals surface area contributed by atoms with Crippen LogP contribution in [0.5, 0.6) is 5.75 Å². The minimum atomic E-state index is -0.264. The van der Waals surface area contributed by atoms with Gasteiger partial charge in [0.05, 0.1) is 18.6 Å². The van der Waals surface area contributed by atoms with Crippen molar-refractivity contribution in [1.82, 2.24) is 10.2 Å². The number of nitrogens with one attached hydrogen (secondary N) is 1. The molecule has 0 aromatic heterocycles. The van der Waals surface area contributed by atoms with Gasteiger partial charge in [-0.2, -0.15) is 0 Å². The summed E-state index contributed by atoms with van der Waals surface area (Å²) in [5, 5.41) is 2.96. The monoisotopic (exact) mass is 403 g/mol. The Labute approximate surface area is 169 Å². The molecule has 28 heavy (non-hydrogen) atoms. The summed E-state index contributed by atoms with van der Waals surface area (Å²) in [5.41, 5.74) is 1.13. The van der Waals surface area contributed by atoms with Crippen LogP contribution in [0.3, 0.4) is 0 Å². The Balaban J connectivity index is 1.34. The molecule has 0 aliphatic carbocycles. The lowest BCUT2D eigenvalue weighted by molar-refractivity contribution is -0.118. The third-order valence-electron chi connectivity index (χ3n) is 4.73. The Bertz CT molecular complexity index is 765. The first-order chi connectivity index (χ1) is 13.7. The van der Waals surface area contributed by atoms with Gasteiger partial charge in [0, 0.05) is 44.2 Å². The Hall–Kier alpha value is -2.25. The molecule has 1 amide bonds.